The van der Waals surface area contributed by atoms with Gasteiger partial charge in [-0.1, -0.05) is 12.1 Å². The third kappa shape index (κ3) is 3.49. The van der Waals surface area contributed by atoms with Crippen molar-refractivity contribution in [2.24, 2.45) is 0 Å². The Bertz CT molecular complexity index is 643. The Morgan fingerprint density at radius 3 is 2.86 bits per heavy atom. The second-order valence-corrected chi connectivity index (χ2v) is 4.93. The Hall–Kier alpha value is -2.15. The molecule has 0 fully saturated rings. The number of hydrogen-bond donors (Lipinski definition) is 1. The minimum absolute atomic E-state index is 0.0158. The number of esters is 1. The summed E-state index contributed by atoms with van der Waals surface area (Å²) in [5.41, 5.74) is 7.14. The number of thiophene rings is 1. The van der Waals surface area contributed by atoms with E-state index in [1.807, 2.05) is 0 Å². The van der Waals surface area contributed by atoms with E-state index in [2.05, 4.69) is 4.74 Å². The topological polar surface area (TPSA) is 61.5 Å². The zero-order chi connectivity index (χ0) is 15.4. The van der Waals surface area contributed by atoms with Gasteiger partial charge in [0.05, 0.1) is 6.61 Å². The fourth-order valence-electron chi connectivity index (χ4n) is 1.84. The molecule has 0 bridgehead atoms. The van der Waals surface area contributed by atoms with Gasteiger partial charge in [0.15, 0.2) is 0 Å². The molecule has 0 radical (unpaired) electrons. The monoisotopic (exact) mass is 313 g/mol. The van der Waals surface area contributed by atoms with Gasteiger partial charge < -0.3 is 15.2 Å². The van der Waals surface area contributed by atoms with Crippen LogP contribution in [-0.4, -0.2) is 19.2 Å². The summed E-state index contributed by atoms with van der Waals surface area (Å²) < 4.78 is 33.8. The highest BCUT2D eigenvalue weighted by molar-refractivity contribution is 7.14. The number of anilines is 1. The average Bonchev–Trinajstić information content (AvgIpc) is 2.80. The van der Waals surface area contributed by atoms with Crippen LogP contribution in [0, 0.1) is 0 Å². The zero-order valence-electron chi connectivity index (χ0n) is 11.1. The Balaban J connectivity index is 2.40. The predicted molar refractivity (Wildman–Crippen MR) is 76.8 cm³/mol. The van der Waals surface area contributed by atoms with Crippen molar-refractivity contribution in [3.05, 3.63) is 35.2 Å². The summed E-state index contributed by atoms with van der Waals surface area (Å²) in [6.45, 7) is -0.989. The quantitative estimate of drug-likeness (QED) is 0.853. The van der Waals surface area contributed by atoms with Gasteiger partial charge in [0.1, 0.15) is 16.3 Å². The summed E-state index contributed by atoms with van der Waals surface area (Å²) in [5.74, 6) is -0.520. The maximum atomic E-state index is 12.3. The molecule has 4 nitrogen and oxygen atoms in total. The number of halogens is 2. The molecule has 1 heterocycles. The van der Waals surface area contributed by atoms with Crippen molar-refractivity contribution in [2.75, 3.05) is 12.3 Å². The summed E-state index contributed by atoms with van der Waals surface area (Å²) in [6.07, 6.45) is 0. The first-order valence-electron chi connectivity index (χ1n) is 6.12. The van der Waals surface area contributed by atoms with Gasteiger partial charge in [-0.05, 0) is 24.6 Å². The van der Waals surface area contributed by atoms with Crippen molar-refractivity contribution >= 4 is 22.3 Å². The normalized spacial score (nSPS) is 10.7. The van der Waals surface area contributed by atoms with E-state index in [4.69, 9.17) is 10.5 Å². The first-order chi connectivity index (χ1) is 10.0. The van der Waals surface area contributed by atoms with Gasteiger partial charge in [0.2, 0.25) is 0 Å². The molecule has 0 saturated heterocycles. The van der Waals surface area contributed by atoms with E-state index in [9.17, 15) is 13.6 Å². The van der Waals surface area contributed by atoms with E-state index in [0.717, 1.165) is 0 Å². The van der Waals surface area contributed by atoms with Crippen molar-refractivity contribution in [3.8, 4) is 16.9 Å². The lowest BCUT2D eigenvalue weighted by molar-refractivity contribution is -0.0498. The van der Waals surface area contributed by atoms with Crippen molar-refractivity contribution in [3.63, 3.8) is 0 Å². The summed E-state index contributed by atoms with van der Waals surface area (Å²) >= 11 is 1.19. The van der Waals surface area contributed by atoms with Gasteiger partial charge in [-0.3, -0.25) is 0 Å². The molecular formula is C14H13F2NO3S. The van der Waals surface area contributed by atoms with Crippen molar-refractivity contribution in [1.29, 1.82) is 0 Å². The van der Waals surface area contributed by atoms with Crippen molar-refractivity contribution < 1.29 is 23.0 Å². The molecule has 0 spiro atoms. The maximum Gasteiger partial charge on any atom is 0.387 e. The highest BCUT2D eigenvalue weighted by Crippen LogP contribution is 2.35. The number of nitrogen functional groups attached to an aromatic ring is 1. The van der Waals surface area contributed by atoms with Crippen LogP contribution in [0.4, 0.5) is 13.8 Å². The molecular weight excluding hydrogens is 300 g/mol. The molecule has 0 aliphatic rings. The average molecular weight is 313 g/mol. The first-order valence-corrected chi connectivity index (χ1v) is 7.00. The van der Waals surface area contributed by atoms with Gasteiger partial charge in [-0.25, -0.2) is 4.79 Å². The van der Waals surface area contributed by atoms with Crippen molar-refractivity contribution in [2.45, 2.75) is 13.5 Å². The summed E-state index contributed by atoms with van der Waals surface area (Å²) in [4.78, 5) is 11.9. The molecule has 1 aromatic heterocycles. The molecule has 0 aliphatic heterocycles. The van der Waals surface area contributed by atoms with Crippen LogP contribution < -0.4 is 10.5 Å². The molecule has 0 amide bonds. The molecule has 2 N–H and O–H groups in total. The molecule has 112 valence electrons. The molecule has 0 saturated carbocycles. The lowest BCUT2D eigenvalue weighted by atomic mass is 10.0. The van der Waals surface area contributed by atoms with Crippen LogP contribution in [0.5, 0.6) is 5.75 Å². The van der Waals surface area contributed by atoms with Crippen LogP contribution in [0.2, 0.25) is 0 Å². The van der Waals surface area contributed by atoms with E-state index >= 15 is 0 Å². The lowest BCUT2D eigenvalue weighted by Crippen LogP contribution is -2.07. The number of carbonyl (C=O) groups excluding carboxylic acids is 1. The largest absolute Gasteiger partial charge is 0.462 e. The SMILES string of the molecule is CCOC(=O)c1c(-c2cccc(OC(F)F)c2)csc1N. The Kier molecular flexibility index (Phi) is 4.74. The third-order valence-corrected chi connectivity index (χ3v) is 3.48. The van der Waals surface area contributed by atoms with Crippen LogP contribution in [0.15, 0.2) is 29.6 Å². The number of hydrogen-bond acceptors (Lipinski definition) is 5. The molecule has 21 heavy (non-hydrogen) atoms. The minimum atomic E-state index is -2.91. The van der Waals surface area contributed by atoms with E-state index in [1.54, 1.807) is 24.4 Å². The molecule has 0 unspecified atom stereocenters. The Morgan fingerprint density at radius 1 is 1.43 bits per heavy atom. The first kappa shape index (κ1) is 15.2. The third-order valence-electron chi connectivity index (χ3n) is 2.67. The minimum Gasteiger partial charge on any atom is -0.462 e. The summed E-state index contributed by atoms with van der Waals surface area (Å²) in [6, 6.07) is 6.09. The van der Waals surface area contributed by atoms with Gasteiger partial charge in [0.25, 0.3) is 0 Å². The Labute approximate surface area is 124 Å². The zero-order valence-corrected chi connectivity index (χ0v) is 12.0. The maximum absolute atomic E-state index is 12.3. The van der Waals surface area contributed by atoms with E-state index in [-0.39, 0.29) is 17.9 Å². The van der Waals surface area contributed by atoms with Crippen molar-refractivity contribution in [1.82, 2.24) is 0 Å². The molecule has 2 aromatic rings. The fraction of sp³-hybridized carbons (Fsp3) is 0.214. The second-order valence-electron chi connectivity index (χ2n) is 4.02. The molecule has 2 rings (SSSR count). The van der Waals surface area contributed by atoms with Crippen LogP contribution >= 0.6 is 11.3 Å². The van der Waals surface area contributed by atoms with E-state index < -0.39 is 12.6 Å². The number of alkyl halides is 2. The predicted octanol–water partition coefficient (Wildman–Crippen LogP) is 3.78. The molecule has 1 aromatic carbocycles. The number of rotatable bonds is 5. The standard InChI is InChI=1S/C14H13F2NO3S/c1-2-19-13(18)11-10(7-21-12(11)17)8-4-3-5-9(6-8)20-14(15)16/h3-7,14H,2,17H2,1H3. The fourth-order valence-corrected chi connectivity index (χ4v) is 2.65. The van der Waals surface area contributed by atoms with Crippen LogP contribution in [-0.2, 0) is 4.74 Å². The Morgan fingerprint density at radius 2 is 2.19 bits per heavy atom. The van der Waals surface area contributed by atoms with E-state index in [1.165, 1.54) is 23.5 Å². The highest BCUT2D eigenvalue weighted by Gasteiger charge is 2.20. The second kappa shape index (κ2) is 6.53. The van der Waals surface area contributed by atoms with Crippen LogP contribution in [0.3, 0.4) is 0 Å². The number of benzene rings is 1. The highest BCUT2D eigenvalue weighted by atomic mass is 32.1. The lowest BCUT2D eigenvalue weighted by Gasteiger charge is -2.08. The summed E-state index contributed by atoms with van der Waals surface area (Å²) in [5, 5.41) is 2.01. The number of carbonyl (C=O) groups is 1. The smallest absolute Gasteiger partial charge is 0.387 e. The van der Waals surface area contributed by atoms with Gasteiger partial charge in [0, 0.05) is 10.9 Å². The van der Waals surface area contributed by atoms with Gasteiger partial charge in [-0.2, -0.15) is 8.78 Å². The van der Waals surface area contributed by atoms with Gasteiger partial charge >= 0.3 is 12.6 Å². The number of ether oxygens (including phenoxy) is 2. The number of nitrogens with two attached hydrogens (primary N) is 1. The molecule has 7 heteroatoms. The van der Waals surface area contributed by atoms with Crippen LogP contribution in [0.1, 0.15) is 17.3 Å². The van der Waals surface area contributed by atoms with Crippen LogP contribution in [0.25, 0.3) is 11.1 Å². The molecule has 0 aliphatic carbocycles. The van der Waals surface area contributed by atoms with E-state index in [0.29, 0.717) is 16.1 Å². The summed E-state index contributed by atoms with van der Waals surface area (Å²) in [7, 11) is 0. The molecule has 0 atom stereocenters. The van der Waals surface area contributed by atoms with Gasteiger partial charge in [-0.15, -0.1) is 11.3 Å².